The van der Waals surface area contributed by atoms with Gasteiger partial charge in [-0.3, -0.25) is 9.48 Å². The lowest BCUT2D eigenvalue weighted by Crippen LogP contribution is -2.14. The van der Waals surface area contributed by atoms with Crippen LogP contribution in [0.15, 0.2) is 28.7 Å². The number of carbonyl (C=O) groups excluding carboxylic acids is 1. The number of pyridine rings is 1. The van der Waals surface area contributed by atoms with E-state index in [1.165, 1.54) is 24.6 Å². The minimum Gasteiger partial charge on any atom is -0.495 e. The lowest BCUT2D eigenvalue weighted by molar-refractivity contribution is 0.102. The Morgan fingerprint density at radius 2 is 2.20 bits per heavy atom. The molecule has 0 aliphatic carbocycles. The van der Waals surface area contributed by atoms with Crippen LogP contribution >= 0.6 is 23.1 Å². The van der Waals surface area contributed by atoms with E-state index in [2.05, 4.69) is 20.4 Å². The predicted octanol–water partition coefficient (Wildman–Crippen LogP) is 4.50. The van der Waals surface area contributed by atoms with Gasteiger partial charge in [0.1, 0.15) is 11.3 Å². The molecule has 1 N–H and O–H groups in total. The number of nitrogens with zero attached hydrogens (tertiary/aromatic N) is 4. The molecule has 0 radical (unpaired) electrons. The van der Waals surface area contributed by atoms with E-state index < -0.39 is 6.43 Å². The van der Waals surface area contributed by atoms with Gasteiger partial charge in [0.15, 0.2) is 9.99 Å². The van der Waals surface area contributed by atoms with Gasteiger partial charge in [-0.1, -0.05) is 11.8 Å². The SMILES string of the molecule is COc1c(C(=O)Nc2ccc3nc(SCC(F)F)sc3c2)cnc2c1c(C)nn2C. The summed E-state index contributed by atoms with van der Waals surface area (Å²) in [6.45, 7) is 1.83. The fourth-order valence-electron chi connectivity index (χ4n) is 3.13. The van der Waals surface area contributed by atoms with Crippen LogP contribution in [0, 0.1) is 6.92 Å². The smallest absolute Gasteiger partial charge is 0.261 e. The van der Waals surface area contributed by atoms with E-state index in [0.717, 1.165) is 16.5 Å². The molecule has 0 aliphatic rings. The number of rotatable bonds is 6. The number of anilines is 1. The van der Waals surface area contributed by atoms with Crippen molar-refractivity contribution in [3.63, 3.8) is 0 Å². The molecule has 4 rings (SSSR count). The molecule has 4 aromatic rings. The number of amides is 1. The molecule has 11 heteroatoms. The maximum atomic E-state index is 12.9. The van der Waals surface area contributed by atoms with E-state index in [4.69, 9.17) is 4.74 Å². The van der Waals surface area contributed by atoms with Gasteiger partial charge in [-0.25, -0.2) is 18.7 Å². The van der Waals surface area contributed by atoms with E-state index in [1.807, 2.05) is 6.92 Å². The molecule has 3 heterocycles. The van der Waals surface area contributed by atoms with Crippen molar-refractivity contribution >= 4 is 55.9 Å². The summed E-state index contributed by atoms with van der Waals surface area (Å²) in [4.78, 5) is 21.6. The number of thiazole rings is 1. The van der Waals surface area contributed by atoms with Crippen molar-refractivity contribution in [3.8, 4) is 5.75 Å². The van der Waals surface area contributed by atoms with Crippen molar-refractivity contribution < 1.29 is 18.3 Å². The number of benzene rings is 1. The Hall–Kier alpha value is -2.79. The summed E-state index contributed by atoms with van der Waals surface area (Å²) >= 11 is 2.33. The first-order valence-electron chi connectivity index (χ1n) is 8.86. The molecule has 0 atom stereocenters. The van der Waals surface area contributed by atoms with Gasteiger partial charge in [-0.05, 0) is 25.1 Å². The zero-order chi connectivity index (χ0) is 21.4. The number of hydrogen-bond acceptors (Lipinski definition) is 7. The third-order valence-corrected chi connectivity index (χ3v) is 6.56. The molecule has 0 spiro atoms. The molecular formula is C19H17F2N5O2S2. The van der Waals surface area contributed by atoms with Crippen molar-refractivity contribution in [2.75, 3.05) is 18.2 Å². The number of aryl methyl sites for hydroxylation is 2. The summed E-state index contributed by atoms with van der Waals surface area (Å²) < 4.78 is 33.3. The molecule has 156 valence electrons. The first kappa shape index (κ1) is 20.5. The third-order valence-electron chi connectivity index (χ3n) is 4.39. The first-order chi connectivity index (χ1) is 14.4. The quantitative estimate of drug-likeness (QED) is 0.437. The summed E-state index contributed by atoms with van der Waals surface area (Å²) in [6.07, 6.45) is -0.927. The molecule has 0 fully saturated rings. The average molecular weight is 450 g/mol. The Kier molecular flexibility index (Phi) is 5.56. The molecule has 1 aromatic carbocycles. The van der Waals surface area contributed by atoms with Gasteiger partial charge in [0.05, 0.1) is 34.2 Å². The van der Waals surface area contributed by atoms with Crippen LogP contribution < -0.4 is 10.1 Å². The van der Waals surface area contributed by atoms with Crippen LogP contribution in [-0.4, -0.2) is 44.9 Å². The number of thioether (sulfide) groups is 1. The Labute approximate surface area is 178 Å². The Morgan fingerprint density at radius 1 is 1.40 bits per heavy atom. The predicted molar refractivity (Wildman–Crippen MR) is 114 cm³/mol. The lowest BCUT2D eigenvalue weighted by Gasteiger charge is -2.10. The average Bonchev–Trinajstić information content (AvgIpc) is 3.25. The van der Waals surface area contributed by atoms with Gasteiger partial charge < -0.3 is 10.1 Å². The largest absolute Gasteiger partial charge is 0.495 e. The molecule has 7 nitrogen and oxygen atoms in total. The second-order valence-electron chi connectivity index (χ2n) is 6.43. The van der Waals surface area contributed by atoms with Crippen LogP contribution in [0.5, 0.6) is 5.75 Å². The second-order valence-corrected chi connectivity index (χ2v) is 8.73. The molecule has 3 aromatic heterocycles. The van der Waals surface area contributed by atoms with Crippen LogP contribution in [0.3, 0.4) is 0 Å². The van der Waals surface area contributed by atoms with Crippen LogP contribution in [0.1, 0.15) is 16.1 Å². The van der Waals surface area contributed by atoms with Crippen molar-refractivity contribution in [3.05, 3.63) is 35.7 Å². The van der Waals surface area contributed by atoms with Gasteiger partial charge in [-0.15, -0.1) is 11.3 Å². The van der Waals surface area contributed by atoms with Gasteiger partial charge in [0.2, 0.25) is 6.43 Å². The zero-order valence-corrected chi connectivity index (χ0v) is 17.9. The molecule has 0 aliphatic heterocycles. The van der Waals surface area contributed by atoms with Gasteiger partial charge in [-0.2, -0.15) is 5.10 Å². The molecule has 30 heavy (non-hydrogen) atoms. The monoisotopic (exact) mass is 449 g/mol. The number of alkyl halides is 2. The standard InChI is InChI=1S/C19H17F2N5O2S2/c1-9-15-16(28-3)11(7-22-17(15)26(2)25-9)18(27)23-10-4-5-12-13(6-10)30-19(24-12)29-8-14(20)21/h4-7,14H,8H2,1-3H3,(H,23,27). The van der Waals surface area contributed by atoms with E-state index >= 15 is 0 Å². The highest BCUT2D eigenvalue weighted by atomic mass is 32.2. The fourth-order valence-corrected chi connectivity index (χ4v) is 5.01. The van der Waals surface area contributed by atoms with Gasteiger partial charge >= 0.3 is 0 Å². The maximum Gasteiger partial charge on any atom is 0.261 e. The van der Waals surface area contributed by atoms with Crippen molar-refractivity contribution in [2.45, 2.75) is 17.7 Å². The van der Waals surface area contributed by atoms with E-state index in [1.54, 1.807) is 29.9 Å². The molecule has 0 saturated heterocycles. The van der Waals surface area contributed by atoms with Crippen LogP contribution in [-0.2, 0) is 7.05 Å². The van der Waals surface area contributed by atoms with E-state index in [-0.39, 0.29) is 11.7 Å². The van der Waals surface area contributed by atoms with Crippen molar-refractivity contribution in [1.82, 2.24) is 19.7 Å². The minimum atomic E-state index is -2.39. The lowest BCUT2D eigenvalue weighted by atomic mass is 10.1. The summed E-state index contributed by atoms with van der Waals surface area (Å²) in [5.74, 6) is -0.264. The Morgan fingerprint density at radius 3 is 2.93 bits per heavy atom. The summed E-state index contributed by atoms with van der Waals surface area (Å²) in [5, 5.41) is 7.86. The minimum absolute atomic E-state index is 0.290. The molecule has 0 saturated carbocycles. The topological polar surface area (TPSA) is 81.9 Å². The molecule has 0 unspecified atom stereocenters. The number of nitrogens with one attached hydrogen (secondary N) is 1. The highest BCUT2D eigenvalue weighted by Gasteiger charge is 2.21. The fraction of sp³-hybridized carbons (Fsp3) is 0.263. The Bertz CT molecular complexity index is 1250. The first-order valence-corrected chi connectivity index (χ1v) is 10.7. The number of carbonyl (C=O) groups is 1. The van der Waals surface area contributed by atoms with Crippen molar-refractivity contribution in [2.24, 2.45) is 7.05 Å². The maximum absolute atomic E-state index is 12.9. The molecular weight excluding hydrogens is 432 g/mol. The Balaban J connectivity index is 1.62. The number of aromatic nitrogens is 4. The van der Waals surface area contributed by atoms with E-state index in [9.17, 15) is 13.6 Å². The zero-order valence-electron chi connectivity index (χ0n) is 16.3. The second kappa shape index (κ2) is 8.15. The molecule has 0 bridgehead atoms. The number of methoxy groups -OCH3 is 1. The number of hydrogen-bond donors (Lipinski definition) is 1. The highest BCUT2D eigenvalue weighted by molar-refractivity contribution is 8.01. The number of halogens is 2. The summed E-state index contributed by atoms with van der Waals surface area (Å²) in [6, 6.07) is 5.23. The van der Waals surface area contributed by atoms with Crippen LogP contribution in [0.25, 0.3) is 21.3 Å². The van der Waals surface area contributed by atoms with Crippen molar-refractivity contribution in [1.29, 1.82) is 0 Å². The van der Waals surface area contributed by atoms with Gasteiger partial charge in [0, 0.05) is 18.9 Å². The number of fused-ring (bicyclic) bond motifs is 2. The van der Waals surface area contributed by atoms with Crippen LogP contribution in [0.2, 0.25) is 0 Å². The summed E-state index contributed by atoms with van der Waals surface area (Å²) in [5.41, 5.74) is 2.89. The highest BCUT2D eigenvalue weighted by Crippen LogP contribution is 2.33. The number of ether oxygens (including phenoxy) is 1. The van der Waals surface area contributed by atoms with Crippen LogP contribution in [0.4, 0.5) is 14.5 Å². The third kappa shape index (κ3) is 3.82. The summed E-state index contributed by atoms with van der Waals surface area (Å²) in [7, 11) is 3.28. The normalized spacial score (nSPS) is 11.5. The van der Waals surface area contributed by atoms with Gasteiger partial charge in [0.25, 0.3) is 5.91 Å². The molecule has 1 amide bonds. The van der Waals surface area contributed by atoms with E-state index in [0.29, 0.717) is 43.6 Å².